The third kappa shape index (κ3) is 2.73. The van der Waals surface area contributed by atoms with Gasteiger partial charge in [-0.3, -0.25) is 9.40 Å². The molecule has 5 nitrogen and oxygen atoms in total. The fourth-order valence-electron chi connectivity index (χ4n) is 0.925. The Morgan fingerprint density at radius 2 is 2.21 bits per heavy atom. The highest BCUT2D eigenvalue weighted by atomic mass is 32.2. The molecule has 14 heavy (non-hydrogen) atoms. The van der Waals surface area contributed by atoms with E-state index in [0.29, 0.717) is 5.69 Å². The van der Waals surface area contributed by atoms with E-state index in [-0.39, 0.29) is 11.8 Å². The zero-order valence-electron chi connectivity index (χ0n) is 8.56. The maximum absolute atomic E-state index is 11.2. The van der Waals surface area contributed by atoms with Crippen LogP contribution in [0.3, 0.4) is 0 Å². The monoisotopic (exact) mass is 217 g/mol. The topological polar surface area (TPSA) is 64.0 Å². The number of aromatic nitrogens is 2. The molecule has 1 aromatic heterocycles. The average molecular weight is 217 g/mol. The highest BCUT2D eigenvalue weighted by Gasteiger charge is 2.08. The van der Waals surface area contributed by atoms with Crippen molar-refractivity contribution in [2.24, 2.45) is 0 Å². The molecule has 0 saturated carbocycles. The van der Waals surface area contributed by atoms with Gasteiger partial charge in [-0.15, -0.1) is 0 Å². The number of rotatable bonds is 4. The lowest BCUT2D eigenvalue weighted by atomic mass is 10.4. The van der Waals surface area contributed by atoms with Crippen molar-refractivity contribution in [2.75, 3.05) is 10.5 Å². The smallest absolute Gasteiger partial charge is 0.232 e. The second-order valence-electron chi connectivity index (χ2n) is 3.31. The van der Waals surface area contributed by atoms with Gasteiger partial charge in [-0.1, -0.05) is 0 Å². The fourth-order valence-corrected chi connectivity index (χ4v) is 1.53. The lowest BCUT2D eigenvalue weighted by Gasteiger charge is -2.04. The summed E-state index contributed by atoms with van der Waals surface area (Å²) in [6, 6.07) is 0.231. The second kappa shape index (κ2) is 4.00. The van der Waals surface area contributed by atoms with Crippen LogP contribution in [0.2, 0.25) is 0 Å². The summed E-state index contributed by atoms with van der Waals surface area (Å²) >= 11 is 0. The third-order valence-corrected chi connectivity index (χ3v) is 3.09. The SMILES string of the molecule is CCS(=O)(=O)Nc1cnn(C(C)C)c1. The predicted octanol–water partition coefficient (Wildman–Crippen LogP) is 1.23. The van der Waals surface area contributed by atoms with Gasteiger partial charge in [0.2, 0.25) is 10.0 Å². The first-order valence-corrected chi connectivity index (χ1v) is 6.14. The third-order valence-electron chi connectivity index (χ3n) is 1.78. The normalized spacial score (nSPS) is 12.0. The van der Waals surface area contributed by atoms with Crippen molar-refractivity contribution in [1.29, 1.82) is 0 Å². The second-order valence-corrected chi connectivity index (χ2v) is 5.32. The summed E-state index contributed by atoms with van der Waals surface area (Å²) in [5.74, 6) is 0.0693. The van der Waals surface area contributed by atoms with E-state index in [0.717, 1.165) is 0 Å². The van der Waals surface area contributed by atoms with Crippen LogP contribution in [0.5, 0.6) is 0 Å². The van der Waals surface area contributed by atoms with Crippen molar-refractivity contribution in [2.45, 2.75) is 26.8 Å². The Balaban J connectivity index is 2.79. The highest BCUT2D eigenvalue weighted by Crippen LogP contribution is 2.11. The standard InChI is InChI=1S/C8H15N3O2S/c1-4-14(12,13)10-8-5-9-11(6-8)7(2)3/h5-7,10H,4H2,1-3H3. The van der Waals surface area contributed by atoms with Crippen LogP contribution in [-0.4, -0.2) is 24.0 Å². The number of sulfonamides is 1. The van der Waals surface area contributed by atoms with Gasteiger partial charge in [0.1, 0.15) is 0 Å². The molecule has 0 unspecified atom stereocenters. The van der Waals surface area contributed by atoms with Crippen LogP contribution in [0.15, 0.2) is 12.4 Å². The van der Waals surface area contributed by atoms with Gasteiger partial charge >= 0.3 is 0 Å². The number of hydrogen-bond donors (Lipinski definition) is 1. The quantitative estimate of drug-likeness (QED) is 0.825. The summed E-state index contributed by atoms with van der Waals surface area (Å²) in [6.45, 7) is 5.55. The summed E-state index contributed by atoms with van der Waals surface area (Å²) in [5, 5.41) is 4.02. The molecule has 0 radical (unpaired) electrons. The molecule has 1 heterocycles. The molecule has 0 aliphatic rings. The molecule has 0 aromatic carbocycles. The largest absolute Gasteiger partial charge is 0.280 e. The predicted molar refractivity (Wildman–Crippen MR) is 55.7 cm³/mol. The van der Waals surface area contributed by atoms with E-state index in [4.69, 9.17) is 0 Å². The molecule has 0 aliphatic heterocycles. The molecule has 0 spiro atoms. The van der Waals surface area contributed by atoms with E-state index < -0.39 is 10.0 Å². The number of hydrogen-bond acceptors (Lipinski definition) is 3. The Labute approximate surface area is 84.2 Å². The van der Waals surface area contributed by atoms with E-state index >= 15 is 0 Å². The van der Waals surface area contributed by atoms with Gasteiger partial charge in [0.15, 0.2) is 0 Å². The van der Waals surface area contributed by atoms with E-state index in [9.17, 15) is 8.42 Å². The van der Waals surface area contributed by atoms with E-state index in [2.05, 4.69) is 9.82 Å². The van der Waals surface area contributed by atoms with E-state index in [1.165, 1.54) is 6.20 Å². The van der Waals surface area contributed by atoms with Crippen molar-refractivity contribution in [3.05, 3.63) is 12.4 Å². The van der Waals surface area contributed by atoms with Gasteiger partial charge in [-0.05, 0) is 20.8 Å². The minimum absolute atomic E-state index is 0.0693. The molecule has 1 N–H and O–H groups in total. The van der Waals surface area contributed by atoms with Crippen molar-refractivity contribution in [3.63, 3.8) is 0 Å². The lowest BCUT2D eigenvalue weighted by Crippen LogP contribution is -2.14. The van der Waals surface area contributed by atoms with Crippen molar-refractivity contribution in [3.8, 4) is 0 Å². The Kier molecular flexibility index (Phi) is 3.15. The Morgan fingerprint density at radius 3 is 2.64 bits per heavy atom. The van der Waals surface area contributed by atoms with Gasteiger partial charge in [0, 0.05) is 12.2 Å². The molecule has 0 fully saturated rings. The highest BCUT2D eigenvalue weighted by molar-refractivity contribution is 7.92. The summed E-state index contributed by atoms with van der Waals surface area (Å²) in [4.78, 5) is 0. The van der Waals surface area contributed by atoms with Crippen molar-refractivity contribution >= 4 is 15.7 Å². The van der Waals surface area contributed by atoms with Crippen LogP contribution in [0.1, 0.15) is 26.8 Å². The van der Waals surface area contributed by atoms with Crippen LogP contribution in [0.4, 0.5) is 5.69 Å². The number of nitrogens with one attached hydrogen (secondary N) is 1. The Bertz CT molecular complexity index is 394. The van der Waals surface area contributed by atoms with Crippen LogP contribution in [-0.2, 0) is 10.0 Å². The first-order chi connectivity index (χ1) is 6.44. The van der Waals surface area contributed by atoms with Crippen molar-refractivity contribution in [1.82, 2.24) is 9.78 Å². The summed E-state index contributed by atoms with van der Waals surface area (Å²) in [6.07, 6.45) is 3.19. The van der Waals surface area contributed by atoms with Gasteiger partial charge in [-0.25, -0.2) is 8.42 Å². The van der Waals surface area contributed by atoms with Gasteiger partial charge in [-0.2, -0.15) is 5.10 Å². The minimum atomic E-state index is -3.19. The van der Waals surface area contributed by atoms with Crippen LogP contribution in [0, 0.1) is 0 Å². The fraction of sp³-hybridized carbons (Fsp3) is 0.625. The molecule has 1 aromatic rings. The molecule has 1 rings (SSSR count). The van der Waals surface area contributed by atoms with Gasteiger partial charge in [0.25, 0.3) is 0 Å². The van der Waals surface area contributed by atoms with Crippen molar-refractivity contribution < 1.29 is 8.42 Å². The zero-order chi connectivity index (χ0) is 10.8. The average Bonchev–Trinajstić information content (AvgIpc) is 2.52. The number of nitrogens with zero attached hydrogens (tertiary/aromatic N) is 2. The molecular weight excluding hydrogens is 202 g/mol. The summed E-state index contributed by atoms with van der Waals surface area (Å²) in [5.41, 5.74) is 0.514. The summed E-state index contributed by atoms with van der Waals surface area (Å²) in [7, 11) is -3.19. The Morgan fingerprint density at radius 1 is 1.57 bits per heavy atom. The molecule has 6 heteroatoms. The minimum Gasteiger partial charge on any atom is -0.280 e. The van der Waals surface area contributed by atoms with E-state index in [1.54, 1.807) is 17.8 Å². The lowest BCUT2D eigenvalue weighted by molar-refractivity contribution is 0.532. The first-order valence-electron chi connectivity index (χ1n) is 4.49. The van der Waals surface area contributed by atoms with Gasteiger partial charge < -0.3 is 0 Å². The molecule has 0 bridgehead atoms. The van der Waals surface area contributed by atoms with Gasteiger partial charge in [0.05, 0.1) is 17.6 Å². The Hall–Kier alpha value is -1.04. The molecule has 80 valence electrons. The van der Waals surface area contributed by atoms with Crippen LogP contribution in [0.25, 0.3) is 0 Å². The molecule has 0 amide bonds. The molecular formula is C8H15N3O2S. The molecule has 0 saturated heterocycles. The molecule has 0 atom stereocenters. The van der Waals surface area contributed by atoms with Crippen LogP contribution < -0.4 is 4.72 Å². The van der Waals surface area contributed by atoms with E-state index in [1.807, 2.05) is 13.8 Å². The summed E-state index contributed by atoms with van der Waals surface area (Å²) < 4.78 is 26.5. The molecule has 0 aliphatic carbocycles. The maximum Gasteiger partial charge on any atom is 0.232 e. The number of anilines is 1. The zero-order valence-corrected chi connectivity index (χ0v) is 9.37. The van der Waals surface area contributed by atoms with Crippen LogP contribution >= 0.6 is 0 Å². The first kappa shape index (κ1) is 11.0. The maximum atomic E-state index is 11.2.